The topological polar surface area (TPSA) is 75.5 Å². The van der Waals surface area contributed by atoms with Crippen molar-refractivity contribution in [2.75, 3.05) is 18.4 Å². The van der Waals surface area contributed by atoms with Crippen LogP contribution in [0.3, 0.4) is 0 Å². The van der Waals surface area contributed by atoms with Gasteiger partial charge in [-0.25, -0.2) is 18.1 Å². The molecule has 1 saturated carbocycles. The highest BCUT2D eigenvalue weighted by molar-refractivity contribution is 7.89. The summed E-state index contributed by atoms with van der Waals surface area (Å²) < 4.78 is 29.6. The summed E-state index contributed by atoms with van der Waals surface area (Å²) >= 11 is 0. The Labute approximate surface area is 124 Å². The van der Waals surface area contributed by atoms with Crippen molar-refractivity contribution in [2.24, 2.45) is 5.92 Å². The van der Waals surface area contributed by atoms with Crippen molar-refractivity contribution in [3.8, 4) is 0 Å². The Balaban J connectivity index is 1.97. The maximum Gasteiger partial charge on any atom is 0.260 e. The molecular weight excluding hydrogens is 288 g/mol. The van der Waals surface area contributed by atoms with E-state index < -0.39 is 10.0 Å². The zero-order chi connectivity index (χ0) is 14.9. The van der Waals surface area contributed by atoms with Gasteiger partial charge in [-0.3, -0.25) is 4.40 Å². The first-order valence-corrected chi connectivity index (χ1v) is 8.81. The molecule has 2 aromatic rings. The summed E-state index contributed by atoms with van der Waals surface area (Å²) in [6, 6.07) is 5.44. The van der Waals surface area contributed by atoms with E-state index in [2.05, 4.69) is 15.0 Å². The number of anilines is 1. The summed E-state index contributed by atoms with van der Waals surface area (Å²) in [5.74, 6) is 0.881. The molecule has 0 aliphatic heterocycles. The highest BCUT2D eigenvalue weighted by Gasteiger charge is 2.27. The minimum absolute atomic E-state index is 0.194. The van der Waals surface area contributed by atoms with Crippen molar-refractivity contribution in [3.05, 3.63) is 24.4 Å². The standard InChI is InChI=1S/C14H20N4O2S/c1-2-15-13-14(18-9-4-3-8-12(18)17-13)21(19,20)16-10-11-6-5-7-11/h3-4,8-9,11,15-16H,2,5-7,10H2,1H3. The number of fused-ring (bicyclic) bond motifs is 1. The van der Waals surface area contributed by atoms with Gasteiger partial charge >= 0.3 is 0 Å². The molecule has 0 amide bonds. The van der Waals surface area contributed by atoms with Gasteiger partial charge in [0, 0.05) is 19.3 Å². The van der Waals surface area contributed by atoms with Crippen molar-refractivity contribution in [1.29, 1.82) is 0 Å². The first kappa shape index (κ1) is 14.3. The molecule has 0 spiro atoms. The van der Waals surface area contributed by atoms with Crippen LogP contribution in [0, 0.1) is 5.92 Å². The number of hydrogen-bond donors (Lipinski definition) is 2. The van der Waals surface area contributed by atoms with Gasteiger partial charge in [0.2, 0.25) is 0 Å². The maximum atomic E-state index is 12.6. The van der Waals surface area contributed by atoms with Gasteiger partial charge in [-0.1, -0.05) is 12.5 Å². The van der Waals surface area contributed by atoms with E-state index in [1.54, 1.807) is 22.7 Å². The van der Waals surface area contributed by atoms with Gasteiger partial charge in [-0.2, -0.15) is 0 Å². The fourth-order valence-electron chi connectivity index (χ4n) is 2.51. The number of imidazole rings is 1. The number of nitrogens with one attached hydrogen (secondary N) is 2. The van der Waals surface area contributed by atoms with Gasteiger partial charge < -0.3 is 5.32 Å². The van der Waals surface area contributed by atoms with Crippen LogP contribution >= 0.6 is 0 Å². The zero-order valence-corrected chi connectivity index (χ0v) is 12.9. The molecule has 7 heteroatoms. The third-order valence-corrected chi connectivity index (χ3v) is 5.32. The summed E-state index contributed by atoms with van der Waals surface area (Å²) in [7, 11) is -3.58. The molecule has 0 unspecified atom stereocenters. The fourth-order valence-corrected chi connectivity index (χ4v) is 3.88. The van der Waals surface area contributed by atoms with Crippen LogP contribution in [0.2, 0.25) is 0 Å². The molecule has 2 aromatic heterocycles. The second-order valence-corrected chi connectivity index (χ2v) is 7.06. The highest BCUT2D eigenvalue weighted by atomic mass is 32.2. The summed E-state index contributed by atoms with van der Waals surface area (Å²) in [6.07, 6.45) is 5.14. The average molecular weight is 308 g/mol. The number of pyridine rings is 1. The number of aromatic nitrogens is 2. The molecule has 1 aliphatic carbocycles. The van der Waals surface area contributed by atoms with Crippen LogP contribution in [0.25, 0.3) is 5.65 Å². The van der Waals surface area contributed by atoms with E-state index in [-0.39, 0.29) is 5.03 Å². The molecule has 1 aliphatic rings. The lowest BCUT2D eigenvalue weighted by atomic mass is 9.86. The molecule has 0 saturated heterocycles. The lowest BCUT2D eigenvalue weighted by molar-refractivity contribution is 0.316. The monoisotopic (exact) mass is 308 g/mol. The molecule has 114 valence electrons. The average Bonchev–Trinajstić information content (AvgIpc) is 2.75. The normalized spacial score (nSPS) is 16.0. The van der Waals surface area contributed by atoms with Gasteiger partial charge in [0.1, 0.15) is 5.65 Å². The largest absolute Gasteiger partial charge is 0.368 e. The predicted molar refractivity (Wildman–Crippen MR) is 81.9 cm³/mol. The molecule has 21 heavy (non-hydrogen) atoms. The predicted octanol–water partition coefficient (Wildman–Crippen LogP) is 1.84. The quantitative estimate of drug-likeness (QED) is 0.854. The number of rotatable bonds is 6. The molecule has 2 heterocycles. The Morgan fingerprint density at radius 3 is 2.86 bits per heavy atom. The lowest BCUT2D eigenvalue weighted by Crippen LogP contribution is -2.33. The van der Waals surface area contributed by atoms with Crippen molar-refractivity contribution in [1.82, 2.24) is 14.1 Å². The van der Waals surface area contributed by atoms with Crippen LogP contribution in [0.1, 0.15) is 26.2 Å². The highest BCUT2D eigenvalue weighted by Crippen LogP contribution is 2.27. The van der Waals surface area contributed by atoms with Crippen molar-refractivity contribution in [2.45, 2.75) is 31.2 Å². The molecule has 3 rings (SSSR count). The molecular formula is C14H20N4O2S. The van der Waals surface area contributed by atoms with Crippen molar-refractivity contribution in [3.63, 3.8) is 0 Å². The van der Waals surface area contributed by atoms with E-state index in [0.717, 1.165) is 12.8 Å². The van der Waals surface area contributed by atoms with E-state index in [1.165, 1.54) is 6.42 Å². The number of sulfonamides is 1. The molecule has 0 aromatic carbocycles. The zero-order valence-electron chi connectivity index (χ0n) is 12.0. The van der Waals surface area contributed by atoms with Crippen LogP contribution in [-0.4, -0.2) is 30.9 Å². The minimum Gasteiger partial charge on any atom is -0.368 e. The first-order valence-electron chi connectivity index (χ1n) is 7.32. The van der Waals surface area contributed by atoms with Crippen LogP contribution < -0.4 is 10.0 Å². The first-order chi connectivity index (χ1) is 10.1. The summed E-state index contributed by atoms with van der Waals surface area (Å²) in [6.45, 7) is 3.05. The summed E-state index contributed by atoms with van der Waals surface area (Å²) in [4.78, 5) is 4.36. The molecule has 0 radical (unpaired) electrons. The Hall–Kier alpha value is -1.60. The van der Waals surface area contributed by atoms with Gasteiger partial charge in [0.15, 0.2) is 10.8 Å². The third kappa shape index (κ3) is 2.75. The van der Waals surface area contributed by atoms with Crippen LogP contribution in [-0.2, 0) is 10.0 Å². The Morgan fingerprint density at radius 2 is 2.19 bits per heavy atom. The minimum atomic E-state index is -3.58. The van der Waals surface area contributed by atoms with Crippen LogP contribution in [0.4, 0.5) is 5.82 Å². The van der Waals surface area contributed by atoms with Crippen molar-refractivity contribution < 1.29 is 8.42 Å². The maximum absolute atomic E-state index is 12.6. The van der Waals surface area contributed by atoms with Gasteiger partial charge in [0.25, 0.3) is 10.0 Å². The number of hydrogen-bond acceptors (Lipinski definition) is 4. The molecule has 1 fully saturated rings. The summed E-state index contributed by atoms with van der Waals surface area (Å²) in [5.41, 5.74) is 0.623. The summed E-state index contributed by atoms with van der Waals surface area (Å²) in [5, 5.41) is 3.23. The lowest BCUT2D eigenvalue weighted by Gasteiger charge is -2.25. The second-order valence-electron chi connectivity index (χ2n) is 5.37. The molecule has 0 bridgehead atoms. The third-order valence-electron chi connectivity index (χ3n) is 3.87. The Bertz CT molecular complexity index is 735. The second kappa shape index (κ2) is 5.65. The van der Waals surface area contributed by atoms with E-state index in [1.807, 2.05) is 13.0 Å². The van der Waals surface area contributed by atoms with E-state index in [9.17, 15) is 8.42 Å². The van der Waals surface area contributed by atoms with Gasteiger partial charge in [-0.15, -0.1) is 0 Å². The van der Waals surface area contributed by atoms with Crippen molar-refractivity contribution >= 4 is 21.5 Å². The Kier molecular flexibility index (Phi) is 3.86. The SMILES string of the molecule is CCNc1nc2ccccn2c1S(=O)(=O)NCC1CCC1. The van der Waals surface area contributed by atoms with Gasteiger partial charge in [-0.05, 0) is 37.8 Å². The fraction of sp³-hybridized carbons (Fsp3) is 0.500. The smallest absolute Gasteiger partial charge is 0.260 e. The molecule has 6 nitrogen and oxygen atoms in total. The van der Waals surface area contributed by atoms with Crippen LogP contribution in [0.15, 0.2) is 29.4 Å². The molecule has 2 N–H and O–H groups in total. The number of nitrogens with zero attached hydrogens (tertiary/aromatic N) is 2. The van der Waals surface area contributed by atoms with Gasteiger partial charge in [0.05, 0.1) is 0 Å². The molecule has 0 atom stereocenters. The van der Waals surface area contributed by atoms with E-state index >= 15 is 0 Å². The Morgan fingerprint density at radius 1 is 1.38 bits per heavy atom. The van der Waals surface area contributed by atoms with E-state index in [4.69, 9.17) is 0 Å². The van der Waals surface area contributed by atoms with Crippen LogP contribution in [0.5, 0.6) is 0 Å². The van der Waals surface area contributed by atoms with E-state index in [0.29, 0.717) is 30.5 Å².